The molecule has 1 fully saturated rings. The molecule has 0 aromatic heterocycles. The van der Waals surface area contributed by atoms with Gasteiger partial charge in [0.1, 0.15) is 6.04 Å². The Bertz CT molecular complexity index is 460. The number of hydrogen-bond donors (Lipinski definition) is 1. The van der Waals surface area contributed by atoms with E-state index >= 15 is 0 Å². The van der Waals surface area contributed by atoms with E-state index in [1.807, 2.05) is 23.1 Å². The van der Waals surface area contributed by atoms with Gasteiger partial charge in [-0.25, -0.2) is 4.79 Å². The Morgan fingerprint density at radius 1 is 1.44 bits per heavy atom. The summed E-state index contributed by atoms with van der Waals surface area (Å²) in [6.45, 7) is 0. The molecule has 2 unspecified atom stereocenters. The Kier molecular flexibility index (Phi) is 2.11. The van der Waals surface area contributed by atoms with Gasteiger partial charge in [0.25, 0.3) is 0 Å². The zero-order valence-corrected chi connectivity index (χ0v) is 9.44. The van der Waals surface area contributed by atoms with E-state index in [9.17, 15) is 9.90 Å². The molecule has 1 N–H and O–H groups in total. The Hall–Kier alpha value is -1.22. The normalized spacial score (nSPS) is 26.7. The molecule has 0 aliphatic carbocycles. The maximum atomic E-state index is 11.2. The first-order valence-electron chi connectivity index (χ1n) is 5.46. The average molecular weight is 238 g/mol. The van der Waals surface area contributed by atoms with E-state index in [1.54, 1.807) is 0 Å². The molecular weight excluding hydrogens is 226 g/mol. The fourth-order valence-electron chi connectivity index (χ4n) is 2.91. The van der Waals surface area contributed by atoms with Crippen molar-refractivity contribution in [2.24, 2.45) is 0 Å². The van der Waals surface area contributed by atoms with Crippen molar-refractivity contribution in [1.82, 2.24) is 0 Å². The minimum Gasteiger partial charge on any atom is -0.480 e. The molecule has 16 heavy (non-hydrogen) atoms. The second-order valence-corrected chi connectivity index (χ2v) is 4.91. The lowest BCUT2D eigenvalue weighted by Crippen LogP contribution is -2.38. The third kappa shape index (κ3) is 1.31. The molecule has 0 amide bonds. The number of carboxylic acid groups (broad SMARTS) is 1. The van der Waals surface area contributed by atoms with Crippen LogP contribution in [0.4, 0.5) is 5.69 Å². The summed E-state index contributed by atoms with van der Waals surface area (Å²) in [6.07, 6.45) is 2.64. The predicted octanol–water partition coefficient (Wildman–Crippen LogP) is 2.32. The minimum atomic E-state index is -0.717. The van der Waals surface area contributed by atoms with Crippen molar-refractivity contribution in [2.45, 2.75) is 31.3 Å². The molecule has 0 spiro atoms. The predicted molar refractivity (Wildman–Crippen MR) is 62.1 cm³/mol. The second-order valence-electron chi connectivity index (χ2n) is 4.47. The molecule has 4 heteroatoms. The van der Waals surface area contributed by atoms with Crippen molar-refractivity contribution in [2.75, 3.05) is 4.90 Å². The van der Waals surface area contributed by atoms with Gasteiger partial charge in [0.15, 0.2) is 0 Å². The van der Waals surface area contributed by atoms with Crippen molar-refractivity contribution in [3.05, 3.63) is 28.8 Å². The Labute approximate surface area is 98.6 Å². The SMILES string of the molecule is O=C(O)C1CCC2Cc3cc(Cl)ccc3N21. The number of benzene rings is 1. The second kappa shape index (κ2) is 3.39. The maximum Gasteiger partial charge on any atom is 0.326 e. The van der Waals surface area contributed by atoms with Crippen molar-refractivity contribution in [1.29, 1.82) is 0 Å². The van der Waals surface area contributed by atoms with Gasteiger partial charge >= 0.3 is 5.97 Å². The van der Waals surface area contributed by atoms with Crippen LogP contribution < -0.4 is 4.90 Å². The highest BCUT2D eigenvalue weighted by molar-refractivity contribution is 6.30. The van der Waals surface area contributed by atoms with Crippen LogP contribution in [0.1, 0.15) is 18.4 Å². The third-order valence-electron chi connectivity index (χ3n) is 3.56. The number of anilines is 1. The standard InChI is InChI=1S/C12H12ClNO2/c13-8-1-3-10-7(5-8)6-9-2-4-11(12(15)16)14(9)10/h1,3,5,9,11H,2,4,6H2,(H,15,16). The molecule has 84 valence electrons. The van der Waals surface area contributed by atoms with Crippen LogP contribution in [-0.4, -0.2) is 23.2 Å². The Balaban J connectivity index is 2.03. The van der Waals surface area contributed by atoms with Crippen LogP contribution in [-0.2, 0) is 11.2 Å². The topological polar surface area (TPSA) is 40.5 Å². The largest absolute Gasteiger partial charge is 0.480 e. The number of fused-ring (bicyclic) bond motifs is 3. The molecule has 0 radical (unpaired) electrons. The lowest BCUT2D eigenvalue weighted by molar-refractivity contribution is -0.138. The van der Waals surface area contributed by atoms with E-state index in [2.05, 4.69) is 0 Å². The molecule has 0 bridgehead atoms. The molecule has 1 aromatic rings. The van der Waals surface area contributed by atoms with E-state index in [0.717, 1.165) is 30.0 Å². The van der Waals surface area contributed by atoms with Crippen LogP contribution in [0.25, 0.3) is 0 Å². The summed E-state index contributed by atoms with van der Waals surface area (Å²) < 4.78 is 0. The van der Waals surface area contributed by atoms with Crippen LogP contribution in [0.5, 0.6) is 0 Å². The number of carbonyl (C=O) groups is 1. The molecule has 3 rings (SSSR count). The summed E-state index contributed by atoms with van der Waals surface area (Å²) in [4.78, 5) is 13.2. The van der Waals surface area contributed by atoms with Gasteiger partial charge in [-0.1, -0.05) is 11.6 Å². The Morgan fingerprint density at radius 2 is 2.25 bits per heavy atom. The van der Waals surface area contributed by atoms with Gasteiger partial charge in [-0.3, -0.25) is 0 Å². The van der Waals surface area contributed by atoms with Gasteiger partial charge in [-0.15, -0.1) is 0 Å². The summed E-state index contributed by atoms with van der Waals surface area (Å²) in [5, 5.41) is 9.90. The van der Waals surface area contributed by atoms with Crippen LogP contribution in [0.2, 0.25) is 5.02 Å². The van der Waals surface area contributed by atoms with Gasteiger partial charge in [-0.05, 0) is 43.0 Å². The molecule has 2 heterocycles. The van der Waals surface area contributed by atoms with Gasteiger partial charge < -0.3 is 10.0 Å². The van der Waals surface area contributed by atoms with E-state index in [4.69, 9.17) is 11.6 Å². The van der Waals surface area contributed by atoms with E-state index in [0.29, 0.717) is 6.04 Å². The highest BCUT2D eigenvalue weighted by Crippen LogP contribution is 2.41. The first-order chi connectivity index (χ1) is 7.66. The molecular formula is C12H12ClNO2. The van der Waals surface area contributed by atoms with Crippen molar-refractivity contribution < 1.29 is 9.90 Å². The van der Waals surface area contributed by atoms with E-state index in [1.165, 1.54) is 5.56 Å². The van der Waals surface area contributed by atoms with Crippen molar-refractivity contribution >= 4 is 23.3 Å². The molecule has 3 nitrogen and oxygen atoms in total. The van der Waals surface area contributed by atoms with Gasteiger partial charge in [0.2, 0.25) is 0 Å². The lowest BCUT2D eigenvalue weighted by Gasteiger charge is -2.24. The van der Waals surface area contributed by atoms with E-state index < -0.39 is 5.97 Å². The quantitative estimate of drug-likeness (QED) is 0.815. The monoisotopic (exact) mass is 237 g/mol. The summed E-state index contributed by atoms with van der Waals surface area (Å²) in [5.41, 5.74) is 2.24. The number of rotatable bonds is 1. The van der Waals surface area contributed by atoms with Crippen LogP contribution in [0.3, 0.4) is 0 Å². The molecule has 1 saturated heterocycles. The molecule has 0 saturated carbocycles. The molecule has 2 aliphatic rings. The van der Waals surface area contributed by atoms with E-state index in [-0.39, 0.29) is 6.04 Å². The zero-order valence-electron chi connectivity index (χ0n) is 8.69. The summed E-state index contributed by atoms with van der Waals surface area (Å²) in [7, 11) is 0. The maximum absolute atomic E-state index is 11.2. The summed E-state index contributed by atoms with van der Waals surface area (Å²) in [5.74, 6) is -0.717. The smallest absolute Gasteiger partial charge is 0.326 e. The fraction of sp³-hybridized carbons (Fsp3) is 0.417. The highest BCUT2D eigenvalue weighted by Gasteiger charge is 2.42. The number of aliphatic carboxylic acids is 1. The summed E-state index contributed by atoms with van der Waals surface area (Å²) in [6, 6.07) is 5.73. The third-order valence-corrected chi connectivity index (χ3v) is 3.80. The van der Waals surface area contributed by atoms with Crippen molar-refractivity contribution in [3.63, 3.8) is 0 Å². The number of carboxylic acids is 1. The first-order valence-corrected chi connectivity index (χ1v) is 5.84. The molecule has 2 aliphatic heterocycles. The first kappa shape index (κ1) is 9.97. The van der Waals surface area contributed by atoms with Gasteiger partial charge in [0, 0.05) is 16.8 Å². The molecule has 2 atom stereocenters. The minimum absolute atomic E-state index is 0.354. The Morgan fingerprint density at radius 3 is 3.00 bits per heavy atom. The van der Waals surface area contributed by atoms with Crippen LogP contribution >= 0.6 is 11.6 Å². The van der Waals surface area contributed by atoms with Crippen LogP contribution in [0.15, 0.2) is 18.2 Å². The highest BCUT2D eigenvalue weighted by atomic mass is 35.5. The van der Waals surface area contributed by atoms with Crippen LogP contribution in [0, 0.1) is 0 Å². The fourth-order valence-corrected chi connectivity index (χ4v) is 3.11. The van der Waals surface area contributed by atoms with Crippen molar-refractivity contribution in [3.8, 4) is 0 Å². The number of nitrogens with zero attached hydrogens (tertiary/aromatic N) is 1. The number of halogens is 1. The van der Waals surface area contributed by atoms with Gasteiger partial charge in [0.05, 0.1) is 0 Å². The molecule has 1 aromatic carbocycles. The lowest BCUT2D eigenvalue weighted by atomic mass is 10.1. The average Bonchev–Trinajstić information content (AvgIpc) is 2.74. The number of hydrogen-bond acceptors (Lipinski definition) is 2. The summed E-state index contributed by atoms with van der Waals surface area (Å²) >= 11 is 5.94. The van der Waals surface area contributed by atoms with Gasteiger partial charge in [-0.2, -0.15) is 0 Å². The zero-order chi connectivity index (χ0) is 11.3.